The van der Waals surface area contributed by atoms with Crippen molar-refractivity contribution in [1.82, 2.24) is 0 Å². The van der Waals surface area contributed by atoms with E-state index in [1.54, 1.807) is 0 Å². The van der Waals surface area contributed by atoms with Gasteiger partial charge in [-0.2, -0.15) is 0 Å². The molecule has 0 aromatic heterocycles. The van der Waals surface area contributed by atoms with Crippen LogP contribution < -0.4 is 0 Å². The molecule has 2 bridgehead atoms. The van der Waals surface area contributed by atoms with Gasteiger partial charge in [-0.3, -0.25) is 9.59 Å². The number of esters is 2. The lowest BCUT2D eigenvalue weighted by Gasteiger charge is -2.34. The fraction of sp³-hybridized carbons (Fsp3) is 0.917. The molecule has 0 amide bonds. The van der Waals surface area contributed by atoms with E-state index in [1.165, 1.54) is 0 Å². The molecular formula is C24H42O6. The predicted octanol–water partition coefficient (Wildman–Crippen LogP) is 5.52. The molecule has 2 aliphatic rings. The molecule has 1 heterocycles. The molecule has 174 valence electrons. The minimum absolute atomic E-state index is 0.301. The van der Waals surface area contributed by atoms with Crippen LogP contribution in [0.15, 0.2) is 0 Å². The minimum Gasteiger partial charge on any atom is -0.459 e. The summed E-state index contributed by atoms with van der Waals surface area (Å²) < 4.78 is 11.7. The Labute approximate surface area is 182 Å². The highest BCUT2D eigenvalue weighted by Gasteiger charge is 2.55. The van der Waals surface area contributed by atoms with Gasteiger partial charge in [0.05, 0.1) is 5.92 Å². The first-order valence-electron chi connectivity index (χ1n) is 11.9. The van der Waals surface area contributed by atoms with Crippen molar-refractivity contribution in [2.24, 2.45) is 11.8 Å². The van der Waals surface area contributed by atoms with Crippen LogP contribution in [0.25, 0.3) is 0 Å². The second-order valence-corrected chi connectivity index (χ2v) is 10.2. The summed E-state index contributed by atoms with van der Waals surface area (Å²) in [4.78, 5) is 36.8. The average Bonchev–Trinajstić information content (AvgIpc) is 2.94. The summed E-state index contributed by atoms with van der Waals surface area (Å²) in [5.74, 6) is -1.71. The Balaban J connectivity index is 1.98. The van der Waals surface area contributed by atoms with Crippen LogP contribution in [0.1, 0.15) is 106 Å². The number of carbonyl (C=O) groups is 2. The zero-order chi connectivity index (χ0) is 22.4. The third-order valence-corrected chi connectivity index (χ3v) is 6.30. The molecule has 30 heavy (non-hydrogen) atoms. The molecule has 0 aromatic rings. The molecule has 0 radical (unpaired) electrons. The lowest BCUT2D eigenvalue weighted by molar-refractivity contribution is -0.295. The number of hydrogen-bond acceptors (Lipinski definition) is 6. The maximum atomic E-state index is 13.0. The van der Waals surface area contributed by atoms with Crippen molar-refractivity contribution in [1.29, 1.82) is 0 Å². The Hall–Kier alpha value is -1.14. The standard InChI is InChI=1S/C24H42O6/c1-7-9-11-15-23(3,4)27-21(25)17-13-14-18-19(20(17)30-29-18)22(26)28-24(5,6)16-12-10-8-2/h17-20H,7-16H2,1-6H3. The summed E-state index contributed by atoms with van der Waals surface area (Å²) in [5, 5.41) is 0. The highest BCUT2D eigenvalue weighted by atomic mass is 17.2. The van der Waals surface area contributed by atoms with Crippen molar-refractivity contribution in [2.75, 3.05) is 0 Å². The van der Waals surface area contributed by atoms with Gasteiger partial charge in [0.1, 0.15) is 29.3 Å². The Morgan fingerprint density at radius 2 is 1.33 bits per heavy atom. The van der Waals surface area contributed by atoms with E-state index in [0.717, 1.165) is 51.4 Å². The van der Waals surface area contributed by atoms with Gasteiger partial charge in [-0.25, -0.2) is 9.78 Å². The second-order valence-electron chi connectivity index (χ2n) is 10.2. The Morgan fingerprint density at radius 1 is 0.800 bits per heavy atom. The smallest absolute Gasteiger partial charge is 0.315 e. The van der Waals surface area contributed by atoms with Gasteiger partial charge in [0, 0.05) is 0 Å². The number of hydrogen-bond donors (Lipinski definition) is 0. The molecule has 0 aromatic carbocycles. The van der Waals surface area contributed by atoms with Crippen molar-refractivity contribution >= 4 is 11.9 Å². The summed E-state index contributed by atoms with van der Waals surface area (Å²) in [6.07, 6.45) is 8.35. The highest BCUT2D eigenvalue weighted by molar-refractivity contribution is 5.79. The summed E-state index contributed by atoms with van der Waals surface area (Å²) in [6.45, 7) is 12.1. The molecule has 1 saturated heterocycles. The summed E-state index contributed by atoms with van der Waals surface area (Å²) in [7, 11) is 0. The van der Waals surface area contributed by atoms with Crippen LogP contribution in [0.3, 0.4) is 0 Å². The molecule has 6 heteroatoms. The van der Waals surface area contributed by atoms with E-state index in [9.17, 15) is 9.59 Å². The lowest BCUT2D eigenvalue weighted by Crippen LogP contribution is -2.47. The molecule has 4 atom stereocenters. The van der Waals surface area contributed by atoms with Gasteiger partial charge in [0.25, 0.3) is 0 Å². The van der Waals surface area contributed by atoms with E-state index < -0.39 is 29.1 Å². The van der Waals surface area contributed by atoms with Crippen molar-refractivity contribution in [3.63, 3.8) is 0 Å². The first kappa shape index (κ1) is 25.1. The molecule has 1 aliphatic heterocycles. The molecule has 0 spiro atoms. The summed E-state index contributed by atoms with van der Waals surface area (Å²) >= 11 is 0. The van der Waals surface area contributed by atoms with Crippen molar-refractivity contribution < 1.29 is 28.8 Å². The van der Waals surface area contributed by atoms with E-state index in [1.807, 2.05) is 27.7 Å². The van der Waals surface area contributed by atoms with Crippen LogP contribution in [0.2, 0.25) is 0 Å². The highest BCUT2D eigenvalue weighted by Crippen LogP contribution is 2.42. The zero-order valence-electron chi connectivity index (χ0n) is 19.8. The van der Waals surface area contributed by atoms with Gasteiger partial charge in [-0.1, -0.05) is 39.5 Å². The molecule has 2 fully saturated rings. The Morgan fingerprint density at radius 3 is 1.87 bits per heavy atom. The van der Waals surface area contributed by atoms with Crippen LogP contribution >= 0.6 is 0 Å². The molecule has 4 unspecified atom stereocenters. The van der Waals surface area contributed by atoms with Gasteiger partial charge in [-0.15, -0.1) is 0 Å². The van der Waals surface area contributed by atoms with Crippen LogP contribution in [-0.4, -0.2) is 35.3 Å². The number of unbranched alkanes of at least 4 members (excludes halogenated alkanes) is 4. The molecule has 1 saturated carbocycles. The van der Waals surface area contributed by atoms with E-state index in [-0.39, 0.29) is 18.0 Å². The quantitative estimate of drug-likeness (QED) is 0.233. The average molecular weight is 427 g/mol. The molecule has 6 nitrogen and oxygen atoms in total. The van der Waals surface area contributed by atoms with E-state index in [2.05, 4.69) is 13.8 Å². The van der Waals surface area contributed by atoms with E-state index in [4.69, 9.17) is 19.2 Å². The monoisotopic (exact) mass is 426 g/mol. The molecule has 0 N–H and O–H groups in total. The van der Waals surface area contributed by atoms with Crippen LogP contribution in [-0.2, 0) is 28.8 Å². The third kappa shape index (κ3) is 6.94. The first-order valence-corrected chi connectivity index (χ1v) is 11.9. The number of fused-ring (bicyclic) bond motifs is 2. The van der Waals surface area contributed by atoms with Crippen LogP contribution in [0, 0.1) is 11.8 Å². The number of rotatable bonds is 12. The number of ether oxygens (including phenoxy) is 2. The van der Waals surface area contributed by atoms with Crippen molar-refractivity contribution in [3.8, 4) is 0 Å². The lowest BCUT2D eigenvalue weighted by atomic mass is 9.77. The summed E-state index contributed by atoms with van der Waals surface area (Å²) in [6, 6.07) is 0. The van der Waals surface area contributed by atoms with Crippen LogP contribution in [0.4, 0.5) is 0 Å². The third-order valence-electron chi connectivity index (χ3n) is 6.30. The van der Waals surface area contributed by atoms with Gasteiger partial charge >= 0.3 is 11.9 Å². The predicted molar refractivity (Wildman–Crippen MR) is 115 cm³/mol. The number of carbonyl (C=O) groups excluding carboxylic acids is 2. The Bertz CT molecular complexity index is 570. The maximum absolute atomic E-state index is 13.0. The molecule has 1 aliphatic carbocycles. The minimum atomic E-state index is -0.637. The molecule has 2 rings (SSSR count). The van der Waals surface area contributed by atoms with Gasteiger partial charge < -0.3 is 9.47 Å². The van der Waals surface area contributed by atoms with Crippen molar-refractivity contribution in [2.45, 2.75) is 129 Å². The SMILES string of the molecule is CCCCCC(C)(C)OC(=O)C1CCC2OOC1C2C(=O)OC(C)(C)CCCCC. The normalized spacial score (nSPS) is 26.5. The fourth-order valence-corrected chi connectivity index (χ4v) is 4.45. The van der Waals surface area contributed by atoms with E-state index >= 15 is 0 Å². The fourth-order valence-electron chi connectivity index (χ4n) is 4.45. The topological polar surface area (TPSA) is 71.1 Å². The van der Waals surface area contributed by atoms with E-state index in [0.29, 0.717) is 12.8 Å². The van der Waals surface area contributed by atoms with Crippen LogP contribution in [0.5, 0.6) is 0 Å². The Kier molecular flexibility index (Phi) is 9.16. The van der Waals surface area contributed by atoms with Gasteiger partial charge in [0.15, 0.2) is 0 Å². The van der Waals surface area contributed by atoms with Gasteiger partial charge in [0.2, 0.25) is 0 Å². The molecular weight excluding hydrogens is 384 g/mol. The largest absolute Gasteiger partial charge is 0.459 e. The maximum Gasteiger partial charge on any atom is 0.315 e. The zero-order valence-corrected chi connectivity index (χ0v) is 19.8. The second kappa shape index (κ2) is 10.9. The first-order chi connectivity index (χ1) is 14.1. The van der Waals surface area contributed by atoms with Gasteiger partial charge in [-0.05, 0) is 66.2 Å². The summed E-state index contributed by atoms with van der Waals surface area (Å²) in [5.41, 5.74) is -1.07. The van der Waals surface area contributed by atoms with Crippen molar-refractivity contribution in [3.05, 3.63) is 0 Å².